The summed E-state index contributed by atoms with van der Waals surface area (Å²) in [5.41, 5.74) is 1.16. The summed E-state index contributed by atoms with van der Waals surface area (Å²) in [6, 6.07) is 6.60. The van der Waals surface area contributed by atoms with Crippen LogP contribution in [0.4, 0.5) is 0 Å². The van der Waals surface area contributed by atoms with Gasteiger partial charge in [-0.3, -0.25) is 4.98 Å². The molecular weight excluding hydrogens is 224 g/mol. The number of nitrogens with one attached hydrogen (secondary N) is 1. The molecule has 3 heteroatoms. The molecule has 1 aromatic heterocycles. The molecule has 1 aromatic rings. The zero-order valence-electron chi connectivity index (χ0n) is 11.9. The van der Waals surface area contributed by atoms with Crippen molar-refractivity contribution >= 4 is 0 Å². The zero-order chi connectivity index (χ0) is 13.2. The summed E-state index contributed by atoms with van der Waals surface area (Å²) in [7, 11) is 1.76. The lowest BCUT2D eigenvalue weighted by molar-refractivity contribution is 0.169. The van der Waals surface area contributed by atoms with Gasteiger partial charge in [0.05, 0.1) is 0 Å². The van der Waals surface area contributed by atoms with Gasteiger partial charge < -0.3 is 10.1 Å². The molecule has 0 spiro atoms. The maximum absolute atomic E-state index is 5.17. The quantitative estimate of drug-likeness (QED) is 0.731. The van der Waals surface area contributed by atoms with Crippen molar-refractivity contribution in [1.82, 2.24) is 10.3 Å². The van der Waals surface area contributed by atoms with Gasteiger partial charge in [0.15, 0.2) is 0 Å². The molecule has 102 valence electrons. The average Bonchev–Trinajstić information content (AvgIpc) is 2.42. The molecule has 2 atom stereocenters. The SMILES string of the molecule is CCCNC(Cc1ccccn1)C(C)CCOC. The van der Waals surface area contributed by atoms with Gasteiger partial charge in [0, 0.05) is 38.1 Å². The second kappa shape index (κ2) is 9.06. The first-order chi connectivity index (χ1) is 8.77. The molecule has 0 amide bonds. The Morgan fingerprint density at radius 1 is 1.39 bits per heavy atom. The second-order valence-electron chi connectivity index (χ2n) is 4.84. The molecule has 0 radical (unpaired) electrons. The van der Waals surface area contributed by atoms with E-state index in [1.54, 1.807) is 7.11 Å². The summed E-state index contributed by atoms with van der Waals surface area (Å²) in [4.78, 5) is 4.42. The van der Waals surface area contributed by atoms with E-state index in [-0.39, 0.29) is 0 Å². The number of aromatic nitrogens is 1. The Kier molecular flexibility index (Phi) is 7.62. The average molecular weight is 250 g/mol. The van der Waals surface area contributed by atoms with Gasteiger partial charge in [-0.1, -0.05) is 19.9 Å². The summed E-state index contributed by atoms with van der Waals surface area (Å²) in [5.74, 6) is 0.596. The van der Waals surface area contributed by atoms with E-state index in [1.807, 2.05) is 12.3 Å². The van der Waals surface area contributed by atoms with E-state index in [0.29, 0.717) is 12.0 Å². The number of hydrogen-bond donors (Lipinski definition) is 1. The molecule has 0 saturated heterocycles. The normalized spacial score (nSPS) is 14.4. The van der Waals surface area contributed by atoms with Crippen LogP contribution in [-0.4, -0.2) is 31.3 Å². The van der Waals surface area contributed by atoms with Crippen molar-refractivity contribution < 1.29 is 4.74 Å². The molecule has 18 heavy (non-hydrogen) atoms. The van der Waals surface area contributed by atoms with Gasteiger partial charge >= 0.3 is 0 Å². The van der Waals surface area contributed by atoms with Gasteiger partial charge in [-0.25, -0.2) is 0 Å². The summed E-state index contributed by atoms with van der Waals surface area (Å²) < 4.78 is 5.17. The number of rotatable bonds is 9. The number of methoxy groups -OCH3 is 1. The van der Waals surface area contributed by atoms with Crippen molar-refractivity contribution in [2.45, 2.75) is 39.2 Å². The fourth-order valence-electron chi connectivity index (χ4n) is 2.05. The van der Waals surface area contributed by atoms with Crippen LogP contribution < -0.4 is 5.32 Å². The highest BCUT2D eigenvalue weighted by Crippen LogP contribution is 2.13. The lowest BCUT2D eigenvalue weighted by atomic mass is 9.94. The van der Waals surface area contributed by atoms with Gasteiger partial charge in [0.25, 0.3) is 0 Å². The molecule has 0 saturated carbocycles. The van der Waals surface area contributed by atoms with Gasteiger partial charge in [-0.2, -0.15) is 0 Å². The molecular formula is C15H26N2O. The third-order valence-corrected chi connectivity index (χ3v) is 3.28. The van der Waals surface area contributed by atoms with E-state index in [2.05, 4.69) is 36.3 Å². The molecule has 1 N–H and O–H groups in total. The van der Waals surface area contributed by atoms with E-state index < -0.39 is 0 Å². The molecule has 0 bridgehead atoms. The highest BCUT2D eigenvalue weighted by Gasteiger charge is 2.17. The van der Waals surface area contributed by atoms with E-state index in [1.165, 1.54) is 0 Å². The van der Waals surface area contributed by atoms with Crippen LogP contribution in [0.2, 0.25) is 0 Å². The number of ether oxygens (including phenoxy) is 1. The summed E-state index contributed by atoms with van der Waals surface area (Å²) >= 11 is 0. The fourth-order valence-corrected chi connectivity index (χ4v) is 2.05. The molecule has 1 rings (SSSR count). The number of pyridine rings is 1. The molecule has 3 nitrogen and oxygen atoms in total. The van der Waals surface area contributed by atoms with Gasteiger partial charge in [0.2, 0.25) is 0 Å². The summed E-state index contributed by atoms with van der Waals surface area (Å²) in [6.45, 7) is 6.38. The van der Waals surface area contributed by atoms with Crippen molar-refractivity contribution in [3.05, 3.63) is 30.1 Å². The first-order valence-electron chi connectivity index (χ1n) is 6.90. The van der Waals surface area contributed by atoms with E-state index in [4.69, 9.17) is 4.74 Å². The lowest BCUT2D eigenvalue weighted by Crippen LogP contribution is -2.38. The van der Waals surface area contributed by atoms with Gasteiger partial charge in [-0.05, 0) is 37.4 Å². The first-order valence-corrected chi connectivity index (χ1v) is 6.90. The molecule has 2 unspecified atom stereocenters. The van der Waals surface area contributed by atoms with Crippen LogP contribution in [0.3, 0.4) is 0 Å². The van der Waals surface area contributed by atoms with E-state index >= 15 is 0 Å². The van der Waals surface area contributed by atoms with Gasteiger partial charge in [0.1, 0.15) is 0 Å². The highest BCUT2D eigenvalue weighted by atomic mass is 16.5. The van der Waals surface area contributed by atoms with Crippen molar-refractivity contribution in [1.29, 1.82) is 0 Å². The van der Waals surface area contributed by atoms with Crippen molar-refractivity contribution in [2.75, 3.05) is 20.3 Å². The van der Waals surface area contributed by atoms with Crippen LogP contribution in [0, 0.1) is 5.92 Å². The minimum Gasteiger partial charge on any atom is -0.385 e. The Bertz CT molecular complexity index is 303. The molecule has 0 aromatic carbocycles. The van der Waals surface area contributed by atoms with Crippen LogP contribution in [-0.2, 0) is 11.2 Å². The zero-order valence-corrected chi connectivity index (χ0v) is 11.9. The van der Waals surface area contributed by atoms with Crippen molar-refractivity contribution in [3.63, 3.8) is 0 Å². The molecule has 0 aliphatic carbocycles. The minimum atomic E-state index is 0.481. The molecule has 0 aliphatic rings. The second-order valence-corrected chi connectivity index (χ2v) is 4.84. The largest absolute Gasteiger partial charge is 0.385 e. The number of nitrogens with zero attached hydrogens (tertiary/aromatic N) is 1. The molecule has 1 heterocycles. The monoisotopic (exact) mass is 250 g/mol. The third kappa shape index (κ3) is 5.61. The van der Waals surface area contributed by atoms with Crippen LogP contribution in [0.1, 0.15) is 32.4 Å². The Morgan fingerprint density at radius 2 is 2.22 bits per heavy atom. The fraction of sp³-hybridized carbons (Fsp3) is 0.667. The summed E-state index contributed by atoms with van der Waals surface area (Å²) in [6.07, 6.45) is 5.11. The van der Waals surface area contributed by atoms with Crippen molar-refractivity contribution in [3.8, 4) is 0 Å². The lowest BCUT2D eigenvalue weighted by Gasteiger charge is -2.25. The predicted molar refractivity (Wildman–Crippen MR) is 75.7 cm³/mol. The summed E-state index contributed by atoms with van der Waals surface area (Å²) in [5, 5.41) is 3.63. The number of hydrogen-bond acceptors (Lipinski definition) is 3. The highest BCUT2D eigenvalue weighted by molar-refractivity contribution is 5.05. The minimum absolute atomic E-state index is 0.481. The molecule has 0 aliphatic heterocycles. The van der Waals surface area contributed by atoms with E-state index in [9.17, 15) is 0 Å². The Balaban J connectivity index is 2.54. The first kappa shape index (κ1) is 15.1. The van der Waals surface area contributed by atoms with E-state index in [0.717, 1.165) is 38.1 Å². The standard InChI is InChI=1S/C15H26N2O/c1-4-9-17-15(13(2)8-11-18-3)12-14-7-5-6-10-16-14/h5-7,10,13,15,17H,4,8-9,11-12H2,1-3H3. The topological polar surface area (TPSA) is 34.2 Å². The third-order valence-electron chi connectivity index (χ3n) is 3.28. The predicted octanol–water partition coefficient (Wildman–Crippen LogP) is 2.66. The maximum Gasteiger partial charge on any atom is 0.0465 e. The van der Waals surface area contributed by atoms with Crippen LogP contribution >= 0.6 is 0 Å². The smallest absolute Gasteiger partial charge is 0.0465 e. The Labute approximate surface area is 111 Å². The van der Waals surface area contributed by atoms with Crippen LogP contribution in [0.15, 0.2) is 24.4 Å². The molecule has 0 fully saturated rings. The Hall–Kier alpha value is -0.930. The van der Waals surface area contributed by atoms with Crippen molar-refractivity contribution in [2.24, 2.45) is 5.92 Å². The van der Waals surface area contributed by atoms with Crippen LogP contribution in [0.5, 0.6) is 0 Å². The Morgan fingerprint density at radius 3 is 2.83 bits per heavy atom. The maximum atomic E-state index is 5.17. The van der Waals surface area contributed by atoms with Crippen LogP contribution in [0.25, 0.3) is 0 Å². The van der Waals surface area contributed by atoms with Gasteiger partial charge in [-0.15, -0.1) is 0 Å².